The molecule has 25 heavy (non-hydrogen) atoms. The number of Topliss-reactive ketones (excluding diaryl/α,β-unsaturated/α-hetero) is 1. The largest absolute Gasteiger partial charge is 0.289 e. The van der Waals surface area contributed by atoms with Crippen molar-refractivity contribution in [1.29, 1.82) is 10.5 Å². The molecule has 0 fully saturated rings. The Hall–Kier alpha value is -3.69. The molecule has 0 saturated heterocycles. The van der Waals surface area contributed by atoms with E-state index in [9.17, 15) is 15.3 Å². The van der Waals surface area contributed by atoms with Gasteiger partial charge in [0.1, 0.15) is 17.7 Å². The molecule has 2 aromatic carbocycles. The number of carbonyl (C=O) groups excluding carboxylic acids is 1. The second kappa shape index (κ2) is 6.83. The molecule has 1 aliphatic rings. The summed E-state index contributed by atoms with van der Waals surface area (Å²) in [6, 6.07) is 20.7. The zero-order valence-corrected chi connectivity index (χ0v) is 13.7. The molecule has 0 spiro atoms. The van der Waals surface area contributed by atoms with Gasteiger partial charge in [-0.2, -0.15) is 10.5 Å². The number of carbonyl (C=O) groups is 1. The number of aryl methyl sites for hydroxylation is 1. The quantitative estimate of drug-likeness (QED) is 0.770. The first kappa shape index (κ1) is 16.2. The number of benzene rings is 2. The minimum atomic E-state index is -0.112. The molecule has 0 amide bonds. The molecule has 3 heteroatoms. The highest BCUT2D eigenvalue weighted by Crippen LogP contribution is 2.34. The van der Waals surface area contributed by atoms with Gasteiger partial charge >= 0.3 is 0 Å². The van der Waals surface area contributed by atoms with Crippen molar-refractivity contribution in [3.05, 3.63) is 94.6 Å². The van der Waals surface area contributed by atoms with Gasteiger partial charge in [0, 0.05) is 16.7 Å². The van der Waals surface area contributed by atoms with Crippen LogP contribution in [0.2, 0.25) is 0 Å². The lowest BCUT2D eigenvalue weighted by atomic mass is 9.84. The van der Waals surface area contributed by atoms with Crippen LogP contribution in [0.25, 0.3) is 11.1 Å². The van der Waals surface area contributed by atoms with Crippen LogP contribution in [0.3, 0.4) is 0 Å². The Kier molecular flexibility index (Phi) is 4.42. The Morgan fingerprint density at radius 3 is 2.08 bits per heavy atom. The van der Waals surface area contributed by atoms with Gasteiger partial charge in [0.05, 0.1) is 0 Å². The van der Waals surface area contributed by atoms with Gasteiger partial charge in [-0.1, -0.05) is 54.6 Å². The van der Waals surface area contributed by atoms with E-state index in [4.69, 9.17) is 0 Å². The number of hydrogen-bond donors (Lipinski definition) is 0. The van der Waals surface area contributed by atoms with E-state index in [2.05, 4.69) is 0 Å². The summed E-state index contributed by atoms with van der Waals surface area (Å²) < 4.78 is 0. The molecule has 2 aromatic rings. The average Bonchev–Trinajstić information content (AvgIpc) is 2.65. The number of rotatable bonds is 2. The molecule has 0 radical (unpaired) electrons. The van der Waals surface area contributed by atoms with Crippen LogP contribution in [0.15, 0.2) is 77.9 Å². The molecule has 0 heterocycles. The summed E-state index contributed by atoms with van der Waals surface area (Å²) >= 11 is 0. The number of nitriles is 2. The summed E-state index contributed by atoms with van der Waals surface area (Å²) in [5.74, 6) is -0.112. The van der Waals surface area contributed by atoms with Crippen LogP contribution in [-0.4, -0.2) is 5.78 Å². The zero-order chi connectivity index (χ0) is 17.8. The Morgan fingerprint density at radius 1 is 0.840 bits per heavy atom. The summed E-state index contributed by atoms with van der Waals surface area (Å²) in [6.45, 7) is 1.93. The third-order valence-electron chi connectivity index (χ3n) is 4.12. The van der Waals surface area contributed by atoms with Crippen LogP contribution in [0.4, 0.5) is 0 Å². The van der Waals surface area contributed by atoms with Crippen LogP contribution >= 0.6 is 0 Å². The van der Waals surface area contributed by atoms with E-state index in [1.54, 1.807) is 12.2 Å². The molecule has 0 aliphatic heterocycles. The summed E-state index contributed by atoms with van der Waals surface area (Å²) in [5.41, 5.74) is 3.97. The van der Waals surface area contributed by atoms with Gasteiger partial charge < -0.3 is 0 Å². The van der Waals surface area contributed by atoms with Crippen LogP contribution < -0.4 is 0 Å². The predicted octanol–water partition coefficient (Wildman–Crippen LogP) is 4.39. The van der Waals surface area contributed by atoms with E-state index in [0.717, 1.165) is 16.7 Å². The highest BCUT2D eigenvalue weighted by molar-refractivity contribution is 6.44. The molecule has 0 N–H and O–H groups in total. The van der Waals surface area contributed by atoms with E-state index in [0.29, 0.717) is 16.7 Å². The summed E-state index contributed by atoms with van der Waals surface area (Å²) in [6.07, 6.45) is 3.26. The minimum absolute atomic E-state index is 0.00739. The van der Waals surface area contributed by atoms with Gasteiger partial charge in [-0.3, -0.25) is 4.79 Å². The van der Waals surface area contributed by atoms with E-state index in [-0.39, 0.29) is 11.4 Å². The molecule has 1 aliphatic carbocycles. The maximum absolute atomic E-state index is 13.1. The van der Waals surface area contributed by atoms with Gasteiger partial charge in [0.25, 0.3) is 0 Å². The second-order valence-electron chi connectivity index (χ2n) is 5.68. The van der Waals surface area contributed by atoms with Gasteiger partial charge in [0.2, 0.25) is 0 Å². The summed E-state index contributed by atoms with van der Waals surface area (Å²) in [4.78, 5) is 13.1. The first-order valence-electron chi connectivity index (χ1n) is 7.79. The van der Waals surface area contributed by atoms with Crippen molar-refractivity contribution in [2.24, 2.45) is 0 Å². The standard InChI is InChI=1S/C22H14N2O/c1-15-7-5-6-10-19(15)21-12-17(18(13-23)14-24)11-20(22(21)25)16-8-3-2-4-9-16/h2-12H,1H3. The fourth-order valence-corrected chi connectivity index (χ4v) is 2.83. The normalized spacial score (nSPS) is 13.4. The van der Waals surface area contributed by atoms with Crippen LogP contribution in [0, 0.1) is 29.6 Å². The van der Waals surface area contributed by atoms with Crippen molar-refractivity contribution in [3.63, 3.8) is 0 Å². The van der Waals surface area contributed by atoms with E-state index < -0.39 is 0 Å². The van der Waals surface area contributed by atoms with Gasteiger partial charge in [-0.15, -0.1) is 0 Å². The van der Waals surface area contributed by atoms with Crippen LogP contribution in [0.1, 0.15) is 16.7 Å². The average molecular weight is 322 g/mol. The predicted molar refractivity (Wildman–Crippen MR) is 96.8 cm³/mol. The number of allylic oxidation sites excluding steroid dienone is 6. The van der Waals surface area contributed by atoms with Crippen molar-refractivity contribution in [2.45, 2.75) is 6.92 Å². The SMILES string of the molecule is Cc1ccccc1C1=CC(=C(C#N)C#N)C=C(c2ccccc2)C1=O. The molecule has 3 rings (SSSR count). The van der Waals surface area contributed by atoms with Gasteiger partial charge in [0.15, 0.2) is 5.78 Å². The lowest BCUT2D eigenvalue weighted by Gasteiger charge is -2.18. The molecule has 3 nitrogen and oxygen atoms in total. The first-order chi connectivity index (χ1) is 12.2. The maximum atomic E-state index is 13.1. The fourth-order valence-electron chi connectivity index (χ4n) is 2.83. The highest BCUT2D eigenvalue weighted by atomic mass is 16.1. The van der Waals surface area contributed by atoms with Crippen LogP contribution in [0.5, 0.6) is 0 Å². The van der Waals surface area contributed by atoms with E-state index in [1.165, 1.54) is 0 Å². The second-order valence-corrected chi connectivity index (χ2v) is 5.68. The fraction of sp³-hybridized carbons (Fsp3) is 0.0455. The molecule has 118 valence electrons. The number of ketones is 1. The smallest absolute Gasteiger partial charge is 0.194 e. The van der Waals surface area contributed by atoms with Crippen molar-refractivity contribution in [3.8, 4) is 12.1 Å². The maximum Gasteiger partial charge on any atom is 0.194 e. The van der Waals surface area contributed by atoms with Crippen molar-refractivity contribution >= 4 is 16.9 Å². The monoisotopic (exact) mass is 322 g/mol. The van der Waals surface area contributed by atoms with Crippen molar-refractivity contribution in [2.75, 3.05) is 0 Å². The topological polar surface area (TPSA) is 64.7 Å². The third-order valence-corrected chi connectivity index (χ3v) is 4.12. The lowest BCUT2D eigenvalue weighted by Crippen LogP contribution is -2.11. The molecular formula is C22H14N2O. The molecule has 0 atom stereocenters. The minimum Gasteiger partial charge on any atom is -0.289 e. The first-order valence-corrected chi connectivity index (χ1v) is 7.79. The van der Waals surface area contributed by atoms with Gasteiger partial charge in [-0.25, -0.2) is 0 Å². The van der Waals surface area contributed by atoms with Crippen LogP contribution in [-0.2, 0) is 4.79 Å². The summed E-state index contributed by atoms with van der Waals surface area (Å²) in [5, 5.41) is 18.5. The Morgan fingerprint density at radius 2 is 1.44 bits per heavy atom. The third kappa shape index (κ3) is 3.04. The molecule has 0 unspecified atom stereocenters. The highest BCUT2D eigenvalue weighted by Gasteiger charge is 2.24. The number of hydrogen-bond acceptors (Lipinski definition) is 3. The molecule has 0 saturated carbocycles. The Balaban J connectivity index is 2.26. The van der Waals surface area contributed by atoms with Gasteiger partial charge in [-0.05, 0) is 35.8 Å². The lowest BCUT2D eigenvalue weighted by molar-refractivity contribution is -0.108. The Labute approximate surface area is 146 Å². The van der Waals surface area contributed by atoms with Crippen molar-refractivity contribution in [1.82, 2.24) is 0 Å². The zero-order valence-electron chi connectivity index (χ0n) is 13.7. The molecular weight excluding hydrogens is 308 g/mol. The molecule has 0 bridgehead atoms. The summed E-state index contributed by atoms with van der Waals surface area (Å²) in [7, 11) is 0. The van der Waals surface area contributed by atoms with Crippen molar-refractivity contribution < 1.29 is 4.79 Å². The van der Waals surface area contributed by atoms with E-state index >= 15 is 0 Å². The number of nitrogens with zero attached hydrogens (tertiary/aromatic N) is 2. The molecule has 0 aromatic heterocycles. The Bertz CT molecular complexity index is 1010. The van der Waals surface area contributed by atoms with E-state index in [1.807, 2.05) is 73.7 Å².